The number of fused-ring (bicyclic) bond motifs is 1. The molecule has 174 valence electrons. The molecule has 1 fully saturated rings. The van der Waals surface area contributed by atoms with Crippen molar-refractivity contribution in [2.75, 3.05) is 18.8 Å². The summed E-state index contributed by atoms with van der Waals surface area (Å²) in [7, 11) is 0. The molecule has 0 atom stereocenters. The first-order valence-electron chi connectivity index (χ1n) is 10.7. The fraction of sp³-hybridized carbons (Fsp3) is 0.348. The highest BCUT2D eigenvalue weighted by atomic mass is 19.4. The topological polar surface area (TPSA) is 106 Å². The summed E-state index contributed by atoms with van der Waals surface area (Å²) in [5.74, 6) is 0.446. The number of aromatic nitrogens is 4. The number of halogens is 3. The van der Waals surface area contributed by atoms with Gasteiger partial charge in [-0.25, -0.2) is 9.97 Å². The van der Waals surface area contributed by atoms with Crippen LogP contribution in [0.4, 0.5) is 19.1 Å². The number of anilines is 1. The van der Waals surface area contributed by atoms with Crippen molar-refractivity contribution in [3.63, 3.8) is 0 Å². The Morgan fingerprint density at radius 2 is 1.85 bits per heavy atom. The number of nitrogen functional groups attached to an aromatic ring is 1. The van der Waals surface area contributed by atoms with Gasteiger partial charge in [0.2, 0.25) is 5.95 Å². The van der Waals surface area contributed by atoms with Crippen LogP contribution >= 0.6 is 0 Å². The van der Waals surface area contributed by atoms with E-state index in [4.69, 9.17) is 10.3 Å². The molecule has 10 heteroatoms. The van der Waals surface area contributed by atoms with E-state index >= 15 is 0 Å². The van der Waals surface area contributed by atoms with Gasteiger partial charge in [0.25, 0.3) is 0 Å². The minimum atomic E-state index is -4.59. The highest BCUT2D eigenvalue weighted by molar-refractivity contribution is 5.97. The monoisotopic (exact) mass is 458 g/mol. The van der Waals surface area contributed by atoms with Crippen LogP contribution in [0.25, 0.3) is 33.3 Å². The van der Waals surface area contributed by atoms with E-state index in [0.717, 1.165) is 16.8 Å². The van der Waals surface area contributed by atoms with E-state index < -0.39 is 11.7 Å². The SMILES string of the molecule is C1CCNCC1.Cc1noc(C)c1-c1ccc2c(-c3nc(N)ncc3C(F)(F)F)c[nH]c2c1. The summed E-state index contributed by atoms with van der Waals surface area (Å²) in [5, 5.41) is 7.81. The Labute approximate surface area is 188 Å². The quantitative estimate of drug-likeness (QED) is 0.379. The van der Waals surface area contributed by atoms with E-state index in [1.165, 1.54) is 38.5 Å². The van der Waals surface area contributed by atoms with Crippen LogP contribution in [0.2, 0.25) is 0 Å². The Kier molecular flexibility index (Phi) is 6.37. The first-order chi connectivity index (χ1) is 15.8. The molecule has 4 heterocycles. The van der Waals surface area contributed by atoms with Crippen molar-refractivity contribution >= 4 is 16.9 Å². The number of aromatic amines is 1. The summed E-state index contributed by atoms with van der Waals surface area (Å²) >= 11 is 0. The zero-order valence-electron chi connectivity index (χ0n) is 18.4. The lowest BCUT2D eigenvalue weighted by Gasteiger charge is -2.11. The predicted octanol–water partition coefficient (Wildman–Crippen LogP) is 5.26. The average molecular weight is 458 g/mol. The van der Waals surface area contributed by atoms with Crippen molar-refractivity contribution in [2.45, 2.75) is 39.3 Å². The number of hydrogen-bond donors (Lipinski definition) is 3. The average Bonchev–Trinajstić information content (AvgIpc) is 3.36. The van der Waals surface area contributed by atoms with Crippen LogP contribution in [0.3, 0.4) is 0 Å². The number of piperidine rings is 1. The number of nitrogens with one attached hydrogen (secondary N) is 2. The Balaban J connectivity index is 0.000000376. The van der Waals surface area contributed by atoms with E-state index in [0.29, 0.717) is 28.4 Å². The molecule has 4 aromatic rings. The summed E-state index contributed by atoms with van der Waals surface area (Å²) in [6.45, 7) is 6.13. The van der Waals surface area contributed by atoms with Crippen LogP contribution in [0.5, 0.6) is 0 Å². The maximum Gasteiger partial charge on any atom is 0.419 e. The molecule has 1 aromatic carbocycles. The molecule has 1 saturated heterocycles. The molecule has 0 amide bonds. The third kappa shape index (κ3) is 4.85. The molecule has 0 aliphatic carbocycles. The Morgan fingerprint density at radius 1 is 1.09 bits per heavy atom. The maximum absolute atomic E-state index is 13.4. The zero-order valence-corrected chi connectivity index (χ0v) is 18.4. The standard InChI is InChI=1S/C18H14F3N5O.C5H11N/c1-8-15(9(2)27-26-8)10-3-4-11-12(6-23-14(11)5-10)16-13(18(19,20)21)7-24-17(22)25-16;1-2-4-6-5-3-1/h3-7,23H,1-2H3,(H2,22,24,25);6H,1-5H2. The van der Waals surface area contributed by atoms with Crippen molar-refractivity contribution in [3.05, 3.63) is 47.6 Å². The summed E-state index contributed by atoms with van der Waals surface area (Å²) < 4.78 is 45.3. The van der Waals surface area contributed by atoms with Crippen LogP contribution in [0.15, 0.2) is 35.1 Å². The second kappa shape index (κ2) is 9.22. The summed E-state index contributed by atoms with van der Waals surface area (Å²) in [6, 6.07) is 5.38. The van der Waals surface area contributed by atoms with Crippen LogP contribution in [-0.2, 0) is 6.18 Å². The molecular formula is C23H25F3N6O. The van der Waals surface area contributed by atoms with Gasteiger partial charge in [-0.3, -0.25) is 0 Å². The molecule has 7 nitrogen and oxygen atoms in total. The minimum Gasteiger partial charge on any atom is -0.368 e. The number of H-pyrrole nitrogens is 1. The normalized spacial score (nSPS) is 14.2. The molecule has 1 aliphatic heterocycles. The van der Waals surface area contributed by atoms with Gasteiger partial charge < -0.3 is 20.6 Å². The van der Waals surface area contributed by atoms with Gasteiger partial charge in [0.05, 0.1) is 11.4 Å². The van der Waals surface area contributed by atoms with E-state index in [9.17, 15) is 13.2 Å². The summed E-state index contributed by atoms with van der Waals surface area (Å²) in [5.41, 5.74) is 7.74. The first-order valence-corrected chi connectivity index (χ1v) is 10.7. The fourth-order valence-corrected chi connectivity index (χ4v) is 3.98. The lowest BCUT2D eigenvalue weighted by Crippen LogP contribution is -2.21. The molecule has 33 heavy (non-hydrogen) atoms. The molecule has 0 bridgehead atoms. The molecule has 5 rings (SSSR count). The number of alkyl halides is 3. The zero-order chi connectivity index (χ0) is 23.6. The number of rotatable bonds is 2. The molecule has 0 saturated carbocycles. The van der Waals surface area contributed by atoms with Gasteiger partial charge in [-0.05, 0) is 51.4 Å². The number of benzene rings is 1. The number of hydrogen-bond acceptors (Lipinski definition) is 6. The van der Waals surface area contributed by atoms with Gasteiger partial charge in [0, 0.05) is 34.4 Å². The van der Waals surface area contributed by atoms with Crippen molar-refractivity contribution < 1.29 is 17.7 Å². The van der Waals surface area contributed by atoms with Gasteiger partial charge in [0.1, 0.15) is 11.3 Å². The van der Waals surface area contributed by atoms with E-state index in [-0.39, 0.29) is 11.6 Å². The summed E-state index contributed by atoms with van der Waals surface area (Å²) in [4.78, 5) is 10.3. The van der Waals surface area contributed by atoms with Crippen molar-refractivity contribution in [1.82, 2.24) is 25.4 Å². The van der Waals surface area contributed by atoms with Crippen molar-refractivity contribution in [3.8, 4) is 22.4 Å². The molecule has 0 spiro atoms. The van der Waals surface area contributed by atoms with Crippen molar-refractivity contribution in [1.29, 1.82) is 0 Å². The van der Waals surface area contributed by atoms with Gasteiger partial charge >= 0.3 is 6.18 Å². The summed E-state index contributed by atoms with van der Waals surface area (Å²) in [6.07, 6.45) is 1.81. The number of aryl methyl sites for hydroxylation is 2. The Bertz CT molecular complexity index is 1230. The third-order valence-electron chi connectivity index (χ3n) is 5.58. The third-order valence-corrected chi connectivity index (χ3v) is 5.58. The van der Waals surface area contributed by atoms with Crippen LogP contribution in [0, 0.1) is 13.8 Å². The second-order valence-electron chi connectivity index (χ2n) is 7.96. The molecule has 0 radical (unpaired) electrons. The first kappa shape index (κ1) is 22.8. The Hall–Kier alpha value is -3.40. The van der Waals surface area contributed by atoms with E-state index in [1.807, 2.05) is 19.1 Å². The van der Waals surface area contributed by atoms with Crippen LogP contribution in [0.1, 0.15) is 36.3 Å². The van der Waals surface area contributed by atoms with E-state index in [1.54, 1.807) is 13.0 Å². The fourth-order valence-electron chi connectivity index (χ4n) is 3.98. The second-order valence-corrected chi connectivity index (χ2v) is 7.96. The lowest BCUT2D eigenvalue weighted by atomic mass is 10.0. The maximum atomic E-state index is 13.4. The predicted molar refractivity (Wildman–Crippen MR) is 120 cm³/mol. The number of nitrogens with zero attached hydrogens (tertiary/aromatic N) is 3. The molecule has 0 unspecified atom stereocenters. The smallest absolute Gasteiger partial charge is 0.368 e. The van der Waals surface area contributed by atoms with Gasteiger partial charge in [-0.1, -0.05) is 23.7 Å². The molecular weight excluding hydrogens is 433 g/mol. The Morgan fingerprint density at radius 3 is 2.42 bits per heavy atom. The highest BCUT2D eigenvalue weighted by Crippen LogP contribution is 2.39. The van der Waals surface area contributed by atoms with Gasteiger partial charge in [-0.15, -0.1) is 0 Å². The lowest BCUT2D eigenvalue weighted by molar-refractivity contribution is -0.137. The van der Waals surface area contributed by atoms with Crippen LogP contribution in [-0.4, -0.2) is 33.2 Å². The van der Waals surface area contributed by atoms with E-state index in [2.05, 4.69) is 25.4 Å². The highest BCUT2D eigenvalue weighted by Gasteiger charge is 2.36. The largest absolute Gasteiger partial charge is 0.419 e. The van der Waals surface area contributed by atoms with Crippen molar-refractivity contribution in [2.24, 2.45) is 0 Å². The van der Waals surface area contributed by atoms with Crippen LogP contribution < -0.4 is 11.1 Å². The molecule has 1 aliphatic rings. The molecule has 3 aromatic heterocycles. The molecule has 4 N–H and O–H groups in total. The van der Waals surface area contributed by atoms with Gasteiger partial charge in [0.15, 0.2) is 0 Å². The van der Waals surface area contributed by atoms with Gasteiger partial charge in [-0.2, -0.15) is 13.2 Å². The minimum absolute atomic E-state index is 0.223. The number of nitrogens with two attached hydrogens (primary N) is 1.